The first-order valence-electron chi connectivity index (χ1n) is 8.72. The van der Waals surface area contributed by atoms with Crippen LogP contribution in [0.3, 0.4) is 0 Å². The third-order valence-corrected chi connectivity index (χ3v) is 4.84. The number of likely N-dealkylation sites (tertiary alicyclic amines) is 1. The summed E-state index contributed by atoms with van der Waals surface area (Å²) in [7, 11) is 0. The normalized spacial score (nSPS) is 20.8. The Morgan fingerprint density at radius 1 is 1.17 bits per heavy atom. The Kier molecular flexibility index (Phi) is 5.06. The van der Waals surface area contributed by atoms with Crippen molar-refractivity contribution in [1.82, 2.24) is 25.1 Å². The van der Waals surface area contributed by atoms with Gasteiger partial charge in [0.1, 0.15) is 0 Å². The van der Waals surface area contributed by atoms with Gasteiger partial charge in [0.05, 0.1) is 12.6 Å². The van der Waals surface area contributed by atoms with Crippen LogP contribution >= 0.6 is 0 Å². The number of piperidine rings is 1. The molecule has 1 saturated heterocycles. The summed E-state index contributed by atoms with van der Waals surface area (Å²) in [5.41, 5.74) is 1.23. The van der Waals surface area contributed by atoms with Gasteiger partial charge in [0, 0.05) is 6.04 Å². The molecule has 0 saturated carbocycles. The Labute approximate surface area is 138 Å². The van der Waals surface area contributed by atoms with Crippen LogP contribution in [-0.4, -0.2) is 37.7 Å². The van der Waals surface area contributed by atoms with Gasteiger partial charge in [-0.1, -0.05) is 50.6 Å². The van der Waals surface area contributed by atoms with Crippen molar-refractivity contribution < 1.29 is 0 Å². The number of aromatic nitrogens is 4. The number of nitrogens with zero attached hydrogens (tertiary/aromatic N) is 5. The molecule has 1 fully saturated rings. The minimum atomic E-state index is 0.281. The van der Waals surface area contributed by atoms with Crippen LogP contribution in [0.15, 0.2) is 30.3 Å². The van der Waals surface area contributed by atoms with Gasteiger partial charge in [0.2, 0.25) is 0 Å². The molecule has 5 heteroatoms. The van der Waals surface area contributed by atoms with Gasteiger partial charge in [-0.05, 0) is 48.2 Å². The maximum absolute atomic E-state index is 4.40. The lowest BCUT2D eigenvalue weighted by atomic mass is 9.94. The van der Waals surface area contributed by atoms with Crippen LogP contribution in [0.1, 0.15) is 57.5 Å². The predicted molar refractivity (Wildman–Crippen MR) is 91.0 cm³/mol. The Hall–Kier alpha value is -1.75. The van der Waals surface area contributed by atoms with E-state index >= 15 is 0 Å². The Morgan fingerprint density at radius 2 is 1.96 bits per heavy atom. The summed E-state index contributed by atoms with van der Waals surface area (Å²) in [4.78, 5) is 2.60. The highest BCUT2D eigenvalue weighted by Gasteiger charge is 2.33. The molecule has 2 heterocycles. The van der Waals surface area contributed by atoms with Gasteiger partial charge in [0.15, 0.2) is 5.82 Å². The van der Waals surface area contributed by atoms with E-state index in [9.17, 15) is 0 Å². The molecule has 3 rings (SSSR count). The minimum absolute atomic E-state index is 0.281. The summed E-state index contributed by atoms with van der Waals surface area (Å²) >= 11 is 0. The molecule has 1 aromatic heterocycles. The average molecular weight is 313 g/mol. The SMILES string of the molecule is CC(C)[C@@H](c1nnnn1Cc1ccccc1)N1CCCC[C@H]1C. The Morgan fingerprint density at radius 3 is 2.65 bits per heavy atom. The fraction of sp³-hybridized carbons (Fsp3) is 0.611. The van der Waals surface area contributed by atoms with Crippen LogP contribution in [0.25, 0.3) is 0 Å². The highest BCUT2D eigenvalue weighted by atomic mass is 15.6. The molecule has 124 valence electrons. The lowest BCUT2D eigenvalue weighted by Crippen LogP contribution is -2.43. The van der Waals surface area contributed by atoms with Crippen LogP contribution in [0, 0.1) is 5.92 Å². The molecule has 2 atom stereocenters. The van der Waals surface area contributed by atoms with Crippen molar-refractivity contribution in [2.24, 2.45) is 5.92 Å². The summed E-state index contributed by atoms with van der Waals surface area (Å²) < 4.78 is 1.97. The molecule has 0 bridgehead atoms. The smallest absolute Gasteiger partial charge is 0.169 e. The van der Waals surface area contributed by atoms with Crippen molar-refractivity contribution in [3.05, 3.63) is 41.7 Å². The van der Waals surface area contributed by atoms with Crippen molar-refractivity contribution in [3.8, 4) is 0 Å². The Bertz CT molecular complexity index is 607. The molecule has 0 radical (unpaired) electrons. The van der Waals surface area contributed by atoms with Crippen LogP contribution in [0.5, 0.6) is 0 Å². The largest absolute Gasteiger partial charge is 0.290 e. The molecule has 2 aromatic rings. The zero-order valence-corrected chi connectivity index (χ0v) is 14.4. The van der Waals surface area contributed by atoms with Crippen LogP contribution in [0.4, 0.5) is 0 Å². The molecule has 0 amide bonds. The number of tetrazole rings is 1. The van der Waals surface area contributed by atoms with Gasteiger partial charge in [-0.3, -0.25) is 4.90 Å². The second-order valence-corrected chi connectivity index (χ2v) is 6.95. The molecular weight excluding hydrogens is 286 g/mol. The first-order valence-corrected chi connectivity index (χ1v) is 8.72. The zero-order valence-electron chi connectivity index (χ0n) is 14.4. The molecule has 0 aliphatic carbocycles. The standard InChI is InChI=1S/C18H27N5/c1-14(2)17(22-12-8-7-9-15(22)3)18-19-20-21-23(18)13-16-10-5-4-6-11-16/h4-6,10-11,14-15,17H,7-9,12-13H2,1-3H3/t15-,17+/m1/s1. The fourth-order valence-electron chi connectivity index (χ4n) is 3.66. The van der Waals surface area contributed by atoms with Gasteiger partial charge in [-0.15, -0.1) is 5.10 Å². The highest BCUT2D eigenvalue weighted by molar-refractivity contribution is 5.15. The Balaban J connectivity index is 1.87. The second-order valence-electron chi connectivity index (χ2n) is 6.95. The molecular formula is C18H27N5. The van der Waals surface area contributed by atoms with Crippen molar-refractivity contribution in [2.45, 2.75) is 58.7 Å². The van der Waals surface area contributed by atoms with Gasteiger partial charge in [-0.25, -0.2) is 4.68 Å². The number of rotatable bonds is 5. The summed E-state index contributed by atoms with van der Waals surface area (Å²) in [5, 5.41) is 12.6. The lowest BCUT2D eigenvalue weighted by molar-refractivity contribution is 0.0701. The maximum atomic E-state index is 4.40. The van der Waals surface area contributed by atoms with Crippen molar-refractivity contribution in [1.29, 1.82) is 0 Å². The van der Waals surface area contributed by atoms with E-state index in [4.69, 9.17) is 0 Å². The van der Waals surface area contributed by atoms with Gasteiger partial charge >= 0.3 is 0 Å². The molecule has 1 aromatic carbocycles. The summed E-state index contributed by atoms with van der Waals surface area (Å²) in [5.74, 6) is 1.48. The molecule has 0 N–H and O–H groups in total. The first-order chi connectivity index (χ1) is 11.2. The van der Waals surface area contributed by atoms with Crippen molar-refractivity contribution in [3.63, 3.8) is 0 Å². The number of hydrogen-bond donors (Lipinski definition) is 0. The molecule has 1 aliphatic heterocycles. The van der Waals surface area contributed by atoms with E-state index < -0.39 is 0 Å². The zero-order chi connectivity index (χ0) is 16.2. The topological polar surface area (TPSA) is 46.8 Å². The quantitative estimate of drug-likeness (QED) is 0.850. The number of hydrogen-bond acceptors (Lipinski definition) is 4. The third-order valence-electron chi connectivity index (χ3n) is 4.84. The van der Waals surface area contributed by atoms with Crippen LogP contribution in [-0.2, 0) is 6.54 Å². The minimum Gasteiger partial charge on any atom is -0.290 e. The van der Waals surface area contributed by atoms with E-state index in [1.807, 2.05) is 10.7 Å². The predicted octanol–water partition coefficient (Wildman–Crippen LogP) is 3.29. The van der Waals surface area contributed by atoms with E-state index in [-0.39, 0.29) is 6.04 Å². The average Bonchev–Trinajstić information content (AvgIpc) is 2.98. The van der Waals surface area contributed by atoms with E-state index in [2.05, 4.69) is 65.5 Å². The van der Waals surface area contributed by atoms with Gasteiger partial charge in [0.25, 0.3) is 0 Å². The third kappa shape index (κ3) is 3.61. The van der Waals surface area contributed by atoms with Crippen molar-refractivity contribution >= 4 is 0 Å². The molecule has 0 unspecified atom stereocenters. The van der Waals surface area contributed by atoms with E-state index in [0.29, 0.717) is 12.0 Å². The van der Waals surface area contributed by atoms with Crippen molar-refractivity contribution in [2.75, 3.05) is 6.54 Å². The monoisotopic (exact) mass is 313 g/mol. The summed E-state index contributed by atoms with van der Waals surface area (Å²) in [6.45, 7) is 8.75. The first kappa shape index (κ1) is 16.1. The number of benzene rings is 1. The summed E-state index contributed by atoms with van der Waals surface area (Å²) in [6.07, 6.45) is 3.87. The molecule has 0 spiro atoms. The van der Waals surface area contributed by atoms with Gasteiger partial charge < -0.3 is 0 Å². The van der Waals surface area contributed by atoms with E-state index in [1.54, 1.807) is 0 Å². The summed E-state index contributed by atoms with van der Waals surface area (Å²) in [6, 6.07) is 11.3. The van der Waals surface area contributed by atoms with E-state index in [0.717, 1.165) is 18.9 Å². The maximum Gasteiger partial charge on any atom is 0.169 e. The fourth-order valence-corrected chi connectivity index (χ4v) is 3.66. The van der Waals surface area contributed by atoms with Crippen LogP contribution < -0.4 is 0 Å². The highest BCUT2D eigenvalue weighted by Crippen LogP contribution is 2.32. The lowest BCUT2D eigenvalue weighted by Gasteiger charge is -2.40. The second kappa shape index (κ2) is 7.21. The van der Waals surface area contributed by atoms with E-state index in [1.165, 1.54) is 24.8 Å². The molecule has 1 aliphatic rings. The molecule has 23 heavy (non-hydrogen) atoms. The van der Waals surface area contributed by atoms with Crippen LogP contribution in [0.2, 0.25) is 0 Å². The molecule has 5 nitrogen and oxygen atoms in total. The van der Waals surface area contributed by atoms with Gasteiger partial charge in [-0.2, -0.15) is 0 Å².